The van der Waals surface area contributed by atoms with E-state index < -0.39 is 12.7 Å². The lowest BCUT2D eigenvalue weighted by Crippen LogP contribution is -2.39. The van der Waals surface area contributed by atoms with Crippen molar-refractivity contribution < 1.29 is 18.0 Å². The lowest BCUT2D eigenvalue weighted by molar-refractivity contribution is -0.146. The molecule has 1 aromatic heterocycles. The van der Waals surface area contributed by atoms with Crippen LogP contribution >= 0.6 is 0 Å². The fourth-order valence-corrected chi connectivity index (χ4v) is 2.90. The van der Waals surface area contributed by atoms with Crippen LogP contribution in [0.4, 0.5) is 23.7 Å². The predicted octanol–water partition coefficient (Wildman–Crippen LogP) is 3.13. The summed E-state index contributed by atoms with van der Waals surface area (Å²) in [6.45, 7) is 4.41. The van der Waals surface area contributed by atoms with Crippen LogP contribution in [0.25, 0.3) is 0 Å². The summed E-state index contributed by atoms with van der Waals surface area (Å²) in [4.78, 5) is 19.3. The van der Waals surface area contributed by atoms with Gasteiger partial charge in [0.05, 0.1) is 6.54 Å². The highest BCUT2D eigenvalue weighted by Crippen LogP contribution is 2.22. The van der Waals surface area contributed by atoms with Crippen molar-refractivity contribution in [2.75, 3.05) is 38.0 Å². The highest BCUT2D eigenvalue weighted by molar-refractivity contribution is 5.90. The molecular weight excluding hydrogens is 321 g/mol. The molecule has 0 radical (unpaired) electrons. The number of nitrogens with one attached hydrogen (secondary N) is 1. The van der Waals surface area contributed by atoms with Crippen LogP contribution in [0.3, 0.4) is 0 Å². The van der Waals surface area contributed by atoms with E-state index in [1.807, 2.05) is 6.92 Å². The molecule has 0 saturated carbocycles. The summed E-state index contributed by atoms with van der Waals surface area (Å²) >= 11 is 0. The minimum absolute atomic E-state index is 0.0663. The third-order valence-corrected chi connectivity index (χ3v) is 4.20. The van der Waals surface area contributed by atoms with Crippen LogP contribution < -0.4 is 5.32 Å². The molecule has 2 rings (SSSR count). The zero-order chi connectivity index (χ0) is 17.7. The van der Waals surface area contributed by atoms with Gasteiger partial charge in [-0.15, -0.1) is 0 Å². The van der Waals surface area contributed by atoms with Crippen LogP contribution in [0, 0.1) is 12.8 Å². The summed E-state index contributed by atoms with van der Waals surface area (Å²) in [5.41, 5.74) is 1.56. The normalized spacial score (nSPS) is 18.2. The van der Waals surface area contributed by atoms with Crippen molar-refractivity contribution in [3.8, 4) is 0 Å². The molecule has 0 aromatic carbocycles. The molecule has 0 aliphatic carbocycles. The zero-order valence-electron chi connectivity index (χ0n) is 13.9. The molecule has 24 heavy (non-hydrogen) atoms. The Labute approximate surface area is 139 Å². The first-order valence-electron chi connectivity index (χ1n) is 8.04. The third kappa shape index (κ3) is 5.36. The number of halogens is 3. The minimum atomic E-state index is -4.19. The van der Waals surface area contributed by atoms with Gasteiger partial charge in [-0.05, 0) is 37.4 Å². The van der Waals surface area contributed by atoms with E-state index in [0.29, 0.717) is 31.9 Å². The molecule has 1 N–H and O–H groups in total. The molecule has 1 aromatic rings. The molecule has 1 aliphatic rings. The zero-order valence-corrected chi connectivity index (χ0v) is 13.9. The first kappa shape index (κ1) is 18.5. The Morgan fingerprint density at radius 1 is 1.50 bits per heavy atom. The Bertz CT molecular complexity index is 564. The number of aryl methyl sites for hydroxylation is 1. The summed E-state index contributed by atoms with van der Waals surface area (Å²) in [5.74, 6) is 0.0663. The topological polar surface area (TPSA) is 48.5 Å². The van der Waals surface area contributed by atoms with Gasteiger partial charge >= 0.3 is 12.2 Å². The number of hydrogen-bond acceptors (Lipinski definition) is 3. The van der Waals surface area contributed by atoms with E-state index in [1.165, 1.54) is 4.90 Å². The van der Waals surface area contributed by atoms with Crippen LogP contribution in [-0.4, -0.2) is 59.7 Å². The lowest BCUT2D eigenvalue weighted by atomic mass is 10.1. The number of alkyl halides is 3. The van der Waals surface area contributed by atoms with Crippen LogP contribution in [0.1, 0.15) is 18.9 Å². The third-order valence-electron chi connectivity index (χ3n) is 4.20. The SMILES string of the molecule is CCN(C[C@@H]1CCN(C(=O)Nc2ccncc2C)C1)CC(F)(F)F. The van der Waals surface area contributed by atoms with Gasteiger partial charge in [0.2, 0.25) is 0 Å². The molecule has 0 bridgehead atoms. The first-order chi connectivity index (χ1) is 11.3. The summed E-state index contributed by atoms with van der Waals surface area (Å²) in [7, 11) is 0. The number of urea groups is 1. The molecular formula is C16H23F3N4O. The van der Waals surface area contributed by atoms with Gasteiger partial charge in [-0.2, -0.15) is 13.2 Å². The molecule has 8 heteroatoms. The van der Waals surface area contributed by atoms with Gasteiger partial charge in [0.15, 0.2) is 0 Å². The van der Waals surface area contributed by atoms with E-state index in [1.54, 1.807) is 30.3 Å². The Morgan fingerprint density at radius 2 is 2.25 bits per heavy atom. The lowest BCUT2D eigenvalue weighted by Gasteiger charge is -2.25. The van der Waals surface area contributed by atoms with Gasteiger partial charge in [0, 0.05) is 37.7 Å². The Balaban J connectivity index is 1.86. The molecule has 0 unspecified atom stereocenters. The number of carbonyl (C=O) groups is 1. The van der Waals surface area contributed by atoms with Gasteiger partial charge in [-0.3, -0.25) is 9.88 Å². The number of likely N-dealkylation sites (tertiary alicyclic amines) is 1. The van der Waals surface area contributed by atoms with Gasteiger partial charge in [0.25, 0.3) is 0 Å². The van der Waals surface area contributed by atoms with E-state index in [4.69, 9.17) is 0 Å². The fourth-order valence-electron chi connectivity index (χ4n) is 2.90. The Morgan fingerprint density at radius 3 is 2.88 bits per heavy atom. The van der Waals surface area contributed by atoms with Gasteiger partial charge in [-0.1, -0.05) is 6.92 Å². The largest absolute Gasteiger partial charge is 0.401 e. The van der Waals surface area contributed by atoms with Crippen molar-refractivity contribution >= 4 is 11.7 Å². The van der Waals surface area contributed by atoms with E-state index in [9.17, 15) is 18.0 Å². The Hall–Kier alpha value is -1.83. The van der Waals surface area contributed by atoms with Crippen LogP contribution in [0.2, 0.25) is 0 Å². The van der Waals surface area contributed by atoms with E-state index in [2.05, 4.69) is 10.3 Å². The maximum atomic E-state index is 12.5. The summed E-state index contributed by atoms with van der Waals surface area (Å²) in [6, 6.07) is 1.51. The van der Waals surface area contributed by atoms with Crippen LogP contribution in [-0.2, 0) is 0 Å². The van der Waals surface area contributed by atoms with E-state index >= 15 is 0 Å². The monoisotopic (exact) mass is 344 g/mol. The number of amides is 2. The van der Waals surface area contributed by atoms with Crippen LogP contribution in [0.5, 0.6) is 0 Å². The molecule has 1 atom stereocenters. The van der Waals surface area contributed by atoms with Crippen molar-refractivity contribution in [2.45, 2.75) is 26.4 Å². The maximum absolute atomic E-state index is 12.5. The number of anilines is 1. The minimum Gasteiger partial charge on any atom is -0.324 e. The molecule has 0 spiro atoms. The second-order valence-electron chi connectivity index (χ2n) is 6.16. The van der Waals surface area contributed by atoms with E-state index in [0.717, 1.165) is 12.0 Å². The maximum Gasteiger partial charge on any atom is 0.401 e. The van der Waals surface area contributed by atoms with Gasteiger partial charge in [-0.25, -0.2) is 4.79 Å². The first-order valence-corrected chi connectivity index (χ1v) is 8.04. The van der Waals surface area contributed by atoms with Crippen molar-refractivity contribution in [3.63, 3.8) is 0 Å². The molecule has 2 amide bonds. The molecule has 134 valence electrons. The average molecular weight is 344 g/mol. The van der Waals surface area contributed by atoms with Crippen LogP contribution in [0.15, 0.2) is 18.5 Å². The number of nitrogens with zero attached hydrogens (tertiary/aromatic N) is 3. The van der Waals surface area contributed by atoms with Crippen molar-refractivity contribution in [2.24, 2.45) is 5.92 Å². The smallest absolute Gasteiger partial charge is 0.324 e. The number of rotatable bonds is 5. The number of carbonyl (C=O) groups excluding carboxylic acids is 1. The predicted molar refractivity (Wildman–Crippen MR) is 85.8 cm³/mol. The molecule has 5 nitrogen and oxygen atoms in total. The highest BCUT2D eigenvalue weighted by Gasteiger charge is 2.33. The second kappa shape index (κ2) is 7.83. The van der Waals surface area contributed by atoms with E-state index in [-0.39, 0.29) is 11.9 Å². The highest BCUT2D eigenvalue weighted by atomic mass is 19.4. The van der Waals surface area contributed by atoms with Gasteiger partial charge < -0.3 is 10.2 Å². The average Bonchev–Trinajstić information content (AvgIpc) is 2.96. The Kier molecular flexibility index (Phi) is 6.04. The summed E-state index contributed by atoms with van der Waals surface area (Å²) in [6.07, 6.45) is -0.202. The molecule has 1 saturated heterocycles. The van der Waals surface area contributed by atoms with Gasteiger partial charge in [0.1, 0.15) is 0 Å². The molecule has 1 aliphatic heterocycles. The molecule has 2 heterocycles. The number of aromatic nitrogens is 1. The second-order valence-corrected chi connectivity index (χ2v) is 6.16. The molecule has 1 fully saturated rings. The number of pyridine rings is 1. The summed E-state index contributed by atoms with van der Waals surface area (Å²) < 4.78 is 37.6. The van der Waals surface area contributed by atoms with Crippen molar-refractivity contribution in [3.05, 3.63) is 24.0 Å². The van der Waals surface area contributed by atoms with Crippen molar-refractivity contribution in [1.82, 2.24) is 14.8 Å². The number of hydrogen-bond donors (Lipinski definition) is 1. The summed E-state index contributed by atoms with van der Waals surface area (Å²) in [5, 5.41) is 2.83. The standard InChI is InChI=1S/C16H23F3N4O/c1-3-22(11-16(17,18)19)9-13-5-7-23(10-13)15(24)21-14-4-6-20-8-12(14)2/h4,6,8,13H,3,5,7,9-11H2,1-2H3,(H,20,21,24)/t13-/m0/s1. The fraction of sp³-hybridized carbons (Fsp3) is 0.625. The van der Waals surface area contributed by atoms with Crippen molar-refractivity contribution in [1.29, 1.82) is 0 Å². The quantitative estimate of drug-likeness (QED) is 0.893.